The van der Waals surface area contributed by atoms with E-state index < -0.39 is 5.82 Å². The van der Waals surface area contributed by atoms with Gasteiger partial charge in [-0.3, -0.25) is 9.78 Å². The van der Waals surface area contributed by atoms with Gasteiger partial charge in [-0.05, 0) is 43.2 Å². The molecule has 6 nitrogen and oxygen atoms in total. The molecule has 0 bridgehead atoms. The van der Waals surface area contributed by atoms with Crippen molar-refractivity contribution in [3.05, 3.63) is 60.2 Å². The Kier molecular flexibility index (Phi) is 4.66. The third-order valence-electron chi connectivity index (χ3n) is 5.12. The Morgan fingerprint density at radius 1 is 1.19 bits per heavy atom. The second-order valence-electron chi connectivity index (χ2n) is 6.74. The molecule has 1 saturated heterocycles. The molecule has 1 aromatic carbocycles. The number of fused-ring (bicyclic) bond motifs is 1. The molecule has 0 atom stereocenters. The first-order valence-electron chi connectivity index (χ1n) is 8.97. The van der Waals surface area contributed by atoms with Gasteiger partial charge in [0, 0.05) is 44.0 Å². The van der Waals surface area contributed by atoms with Crippen molar-refractivity contribution >= 4 is 22.6 Å². The number of anilines is 1. The van der Waals surface area contributed by atoms with E-state index >= 15 is 0 Å². The third kappa shape index (κ3) is 3.45. The highest BCUT2D eigenvalue weighted by Crippen LogP contribution is 2.24. The minimum absolute atomic E-state index is 0.168. The Hall–Kier alpha value is -3.09. The first kappa shape index (κ1) is 17.3. The number of carbonyl (C=O) groups is 1. The van der Waals surface area contributed by atoms with E-state index in [9.17, 15) is 9.18 Å². The maximum absolute atomic E-state index is 14.0. The molecule has 3 aromatic rings. The largest absolute Gasteiger partial charge is 0.355 e. The fraction of sp³-hybridized carbons (Fsp3) is 0.300. The van der Waals surface area contributed by atoms with E-state index in [1.165, 1.54) is 12.1 Å². The highest BCUT2D eigenvalue weighted by atomic mass is 19.1. The fourth-order valence-electron chi connectivity index (χ4n) is 3.61. The minimum atomic E-state index is -0.420. The second kappa shape index (κ2) is 7.26. The first-order valence-corrected chi connectivity index (χ1v) is 8.97. The van der Waals surface area contributed by atoms with Crippen LogP contribution in [0.25, 0.3) is 10.9 Å². The van der Waals surface area contributed by atoms with Crippen molar-refractivity contribution in [2.45, 2.75) is 18.9 Å². The van der Waals surface area contributed by atoms with Crippen LogP contribution in [0.2, 0.25) is 0 Å². The number of likely N-dealkylation sites (tertiary alicyclic amines) is 1. The molecule has 1 fully saturated rings. The predicted octanol–water partition coefficient (Wildman–Crippen LogP) is 2.90. The monoisotopic (exact) mass is 365 g/mol. The zero-order valence-electron chi connectivity index (χ0n) is 15.0. The molecular weight excluding hydrogens is 345 g/mol. The average molecular weight is 365 g/mol. The summed E-state index contributed by atoms with van der Waals surface area (Å²) in [4.78, 5) is 21.2. The van der Waals surface area contributed by atoms with Crippen LogP contribution in [0.1, 0.15) is 23.2 Å². The fourth-order valence-corrected chi connectivity index (χ4v) is 3.61. The van der Waals surface area contributed by atoms with E-state index in [0.29, 0.717) is 29.6 Å². The van der Waals surface area contributed by atoms with Crippen LogP contribution < -0.4 is 4.90 Å². The van der Waals surface area contributed by atoms with Gasteiger partial charge in [0.2, 0.25) is 0 Å². The van der Waals surface area contributed by atoms with E-state index in [1.54, 1.807) is 29.4 Å². The van der Waals surface area contributed by atoms with Crippen LogP contribution in [-0.2, 0) is 0 Å². The van der Waals surface area contributed by atoms with Gasteiger partial charge in [0.1, 0.15) is 5.82 Å². The summed E-state index contributed by atoms with van der Waals surface area (Å²) in [6, 6.07) is 10.3. The molecule has 0 radical (unpaired) electrons. The molecule has 138 valence electrons. The lowest BCUT2D eigenvalue weighted by Crippen LogP contribution is -2.46. The molecular formula is C20H20FN5O. The zero-order chi connectivity index (χ0) is 18.8. The number of piperidine rings is 1. The Bertz CT molecular complexity index is 957. The molecule has 0 spiro atoms. The number of rotatable bonds is 3. The molecule has 1 amide bonds. The number of hydrogen-bond donors (Lipinski definition) is 0. The normalized spacial score (nSPS) is 15.1. The van der Waals surface area contributed by atoms with Crippen molar-refractivity contribution in [3.8, 4) is 0 Å². The van der Waals surface area contributed by atoms with Crippen molar-refractivity contribution in [2.24, 2.45) is 0 Å². The average Bonchev–Trinajstić information content (AvgIpc) is 2.73. The maximum atomic E-state index is 14.0. The van der Waals surface area contributed by atoms with E-state index in [4.69, 9.17) is 0 Å². The van der Waals surface area contributed by atoms with Gasteiger partial charge in [-0.15, -0.1) is 5.10 Å². The van der Waals surface area contributed by atoms with Gasteiger partial charge in [-0.25, -0.2) is 4.39 Å². The summed E-state index contributed by atoms with van der Waals surface area (Å²) < 4.78 is 14.0. The SMILES string of the molecule is CN(c1cccnn1)C1CCN(C(=O)c2cc(F)cc3cccnc23)CC1. The quantitative estimate of drug-likeness (QED) is 0.714. The lowest BCUT2D eigenvalue weighted by atomic mass is 10.0. The van der Waals surface area contributed by atoms with Gasteiger partial charge in [0.25, 0.3) is 5.91 Å². The van der Waals surface area contributed by atoms with Crippen molar-refractivity contribution < 1.29 is 9.18 Å². The van der Waals surface area contributed by atoms with E-state index in [1.807, 2.05) is 19.2 Å². The zero-order valence-corrected chi connectivity index (χ0v) is 15.0. The van der Waals surface area contributed by atoms with Gasteiger partial charge in [-0.2, -0.15) is 5.10 Å². The third-order valence-corrected chi connectivity index (χ3v) is 5.12. The van der Waals surface area contributed by atoms with Crippen LogP contribution >= 0.6 is 0 Å². The van der Waals surface area contributed by atoms with Crippen molar-refractivity contribution in [3.63, 3.8) is 0 Å². The number of benzene rings is 1. The number of nitrogens with zero attached hydrogens (tertiary/aromatic N) is 5. The smallest absolute Gasteiger partial charge is 0.256 e. The molecule has 1 aliphatic heterocycles. The van der Waals surface area contributed by atoms with Crippen LogP contribution in [0, 0.1) is 5.82 Å². The topological polar surface area (TPSA) is 62.2 Å². The van der Waals surface area contributed by atoms with Crippen LogP contribution in [0.3, 0.4) is 0 Å². The van der Waals surface area contributed by atoms with Crippen molar-refractivity contribution in [1.82, 2.24) is 20.1 Å². The number of carbonyl (C=O) groups excluding carboxylic acids is 1. The highest BCUT2D eigenvalue weighted by molar-refractivity contribution is 6.05. The number of pyridine rings is 1. The van der Waals surface area contributed by atoms with Gasteiger partial charge in [0.05, 0.1) is 11.1 Å². The lowest BCUT2D eigenvalue weighted by molar-refractivity contribution is 0.0714. The minimum Gasteiger partial charge on any atom is -0.355 e. The van der Waals surface area contributed by atoms with Gasteiger partial charge < -0.3 is 9.80 Å². The van der Waals surface area contributed by atoms with Crippen molar-refractivity contribution in [1.29, 1.82) is 0 Å². The Labute approximate surface area is 156 Å². The standard InChI is InChI=1S/C20H20FN5O/c1-25(18-5-3-9-23-24-18)16-6-10-26(11-7-16)20(27)17-13-15(21)12-14-4-2-8-22-19(14)17/h2-5,8-9,12-13,16H,6-7,10-11H2,1H3. The summed E-state index contributed by atoms with van der Waals surface area (Å²) in [6.45, 7) is 1.22. The van der Waals surface area contributed by atoms with Gasteiger partial charge in [0.15, 0.2) is 5.82 Å². The van der Waals surface area contributed by atoms with Gasteiger partial charge in [-0.1, -0.05) is 6.07 Å². The summed E-state index contributed by atoms with van der Waals surface area (Å²) in [5, 5.41) is 8.70. The first-order chi connectivity index (χ1) is 13.1. The Morgan fingerprint density at radius 2 is 1.96 bits per heavy atom. The molecule has 0 unspecified atom stereocenters. The summed E-state index contributed by atoms with van der Waals surface area (Å²) in [7, 11) is 2.00. The molecule has 0 N–H and O–H groups in total. The number of hydrogen-bond acceptors (Lipinski definition) is 5. The maximum Gasteiger partial charge on any atom is 0.256 e. The van der Waals surface area contributed by atoms with Crippen LogP contribution in [0.5, 0.6) is 0 Å². The molecule has 0 aliphatic carbocycles. The summed E-state index contributed by atoms with van der Waals surface area (Å²) >= 11 is 0. The van der Waals surface area contributed by atoms with Gasteiger partial charge >= 0.3 is 0 Å². The van der Waals surface area contributed by atoms with Crippen LogP contribution in [0.15, 0.2) is 48.8 Å². The lowest BCUT2D eigenvalue weighted by Gasteiger charge is -2.37. The summed E-state index contributed by atoms with van der Waals surface area (Å²) in [6.07, 6.45) is 4.91. The van der Waals surface area contributed by atoms with E-state index in [0.717, 1.165) is 18.7 Å². The number of aromatic nitrogens is 3. The van der Waals surface area contributed by atoms with Crippen molar-refractivity contribution in [2.75, 3.05) is 25.0 Å². The molecule has 3 heterocycles. The summed E-state index contributed by atoms with van der Waals surface area (Å²) in [5.74, 6) is 0.234. The highest BCUT2D eigenvalue weighted by Gasteiger charge is 2.27. The van der Waals surface area contributed by atoms with E-state index in [2.05, 4.69) is 20.1 Å². The molecule has 2 aromatic heterocycles. The molecule has 4 rings (SSSR count). The summed E-state index contributed by atoms with van der Waals surface area (Å²) in [5.41, 5.74) is 0.869. The molecule has 1 aliphatic rings. The number of halogens is 1. The second-order valence-corrected chi connectivity index (χ2v) is 6.74. The molecule has 27 heavy (non-hydrogen) atoms. The van der Waals surface area contributed by atoms with Crippen LogP contribution in [-0.4, -0.2) is 52.2 Å². The number of amides is 1. The van der Waals surface area contributed by atoms with Crippen LogP contribution in [0.4, 0.5) is 10.2 Å². The Balaban J connectivity index is 1.50. The Morgan fingerprint density at radius 3 is 2.70 bits per heavy atom. The predicted molar refractivity (Wildman–Crippen MR) is 101 cm³/mol. The molecule has 0 saturated carbocycles. The van der Waals surface area contributed by atoms with E-state index in [-0.39, 0.29) is 11.9 Å². The molecule has 7 heteroatoms.